The Bertz CT molecular complexity index is 161. The molecule has 4 nitrogen and oxygen atoms in total. The third-order valence-corrected chi connectivity index (χ3v) is 2.31. The zero-order chi connectivity index (χ0) is 9.90. The fourth-order valence-electron chi connectivity index (χ4n) is 1.58. The van der Waals surface area contributed by atoms with Gasteiger partial charge < -0.3 is 9.64 Å². The number of ether oxygens (including phenoxy) is 1. The molecule has 0 aromatic rings. The molecule has 4 heteroatoms. The molecule has 0 radical (unpaired) electrons. The van der Waals surface area contributed by atoms with Gasteiger partial charge in [0.05, 0.1) is 12.7 Å². The van der Waals surface area contributed by atoms with Crippen molar-refractivity contribution in [3.8, 4) is 0 Å². The van der Waals surface area contributed by atoms with Gasteiger partial charge in [-0.3, -0.25) is 5.26 Å². The zero-order valence-electron chi connectivity index (χ0n) is 8.62. The van der Waals surface area contributed by atoms with Gasteiger partial charge in [-0.05, 0) is 20.9 Å². The van der Waals surface area contributed by atoms with E-state index in [1.54, 1.807) is 0 Å². The van der Waals surface area contributed by atoms with Crippen LogP contribution >= 0.6 is 0 Å². The van der Waals surface area contributed by atoms with Crippen LogP contribution in [-0.2, 0) is 9.62 Å². The van der Waals surface area contributed by atoms with Gasteiger partial charge in [-0.1, -0.05) is 0 Å². The number of morpholine rings is 1. The summed E-state index contributed by atoms with van der Waals surface area (Å²) in [7, 11) is 2.07. The van der Waals surface area contributed by atoms with Gasteiger partial charge in [0.2, 0.25) is 0 Å². The second kappa shape index (κ2) is 4.37. The highest BCUT2D eigenvalue weighted by molar-refractivity contribution is 4.77. The SMILES string of the molecule is CN1CCOC(CC(C)(C)OO)C1. The Morgan fingerprint density at radius 3 is 2.85 bits per heavy atom. The van der Waals surface area contributed by atoms with Crippen LogP contribution in [0.15, 0.2) is 0 Å². The van der Waals surface area contributed by atoms with Crippen LogP contribution < -0.4 is 0 Å². The van der Waals surface area contributed by atoms with E-state index in [2.05, 4.69) is 16.8 Å². The quantitative estimate of drug-likeness (QED) is 0.530. The molecule has 13 heavy (non-hydrogen) atoms. The van der Waals surface area contributed by atoms with E-state index in [0.29, 0.717) is 6.42 Å². The number of rotatable bonds is 3. The second-order valence-corrected chi connectivity index (χ2v) is 4.31. The van der Waals surface area contributed by atoms with Crippen LogP contribution in [-0.4, -0.2) is 48.6 Å². The molecule has 1 saturated heterocycles. The van der Waals surface area contributed by atoms with Gasteiger partial charge in [0.25, 0.3) is 0 Å². The lowest BCUT2D eigenvalue weighted by molar-refractivity contribution is -0.319. The monoisotopic (exact) mass is 189 g/mol. The molecule has 1 aliphatic rings. The molecule has 0 aromatic carbocycles. The number of likely N-dealkylation sites (N-methyl/N-ethyl adjacent to an activating group) is 1. The zero-order valence-corrected chi connectivity index (χ0v) is 8.62. The van der Waals surface area contributed by atoms with E-state index in [0.717, 1.165) is 19.7 Å². The van der Waals surface area contributed by atoms with Crippen molar-refractivity contribution in [1.82, 2.24) is 4.90 Å². The molecule has 0 bridgehead atoms. The van der Waals surface area contributed by atoms with Crippen molar-refractivity contribution in [2.75, 3.05) is 26.7 Å². The van der Waals surface area contributed by atoms with E-state index >= 15 is 0 Å². The van der Waals surface area contributed by atoms with Gasteiger partial charge in [0, 0.05) is 19.5 Å². The number of hydrogen-bond donors (Lipinski definition) is 1. The van der Waals surface area contributed by atoms with E-state index in [1.165, 1.54) is 0 Å². The average molecular weight is 189 g/mol. The Hall–Kier alpha value is -0.160. The summed E-state index contributed by atoms with van der Waals surface area (Å²) in [6, 6.07) is 0. The smallest absolute Gasteiger partial charge is 0.100 e. The summed E-state index contributed by atoms with van der Waals surface area (Å²) in [6.45, 7) is 6.36. The predicted molar refractivity (Wildman–Crippen MR) is 49.6 cm³/mol. The normalized spacial score (nSPS) is 26.3. The van der Waals surface area contributed by atoms with E-state index in [9.17, 15) is 0 Å². The first-order valence-electron chi connectivity index (χ1n) is 4.66. The van der Waals surface area contributed by atoms with Crippen molar-refractivity contribution in [2.45, 2.75) is 32.0 Å². The number of nitrogens with zero attached hydrogens (tertiary/aromatic N) is 1. The van der Waals surface area contributed by atoms with Gasteiger partial charge in [0.1, 0.15) is 5.60 Å². The highest BCUT2D eigenvalue weighted by Gasteiger charge is 2.27. The van der Waals surface area contributed by atoms with E-state index in [4.69, 9.17) is 9.99 Å². The van der Waals surface area contributed by atoms with Gasteiger partial charge in [-0.15, -0.1) is 0 Å². The lowest BCUT2D eigenvalue weighted by Gasteiger charge is -2.33. The van der Waals surface area contributed by atoms with Gasteiger partial charge in [-0.2, -0.15) is 0 Å². The standard InChI is InChI=1S/C9H19NO3/c1-9(2,13-11)6-8-7-10(3)4-5-12-8/h8,11H,4-7H2,1-3H3. The van der Waals surface area contributed by atoms with Crippen LogP contribution in [0, 0.1) is 0 Å². The Morgan fingerprint density at radius 2 is 2.31 bits per heavy atom. The van der Waals surface area contributed by atoms with Gasteiger partial charge in [-0.25, -0.2) is 4.89 Å². The molecule has 0 amide bonds. The summed E-state index contributed by atoms with van der Waals surface area (Å²) in [4.78, 5) is 6.60. The summed E-state index contributed by atoms with van der Waals surface area (Å²) in [6.07, 6.45) is 0.884. The lowest BCUT2D eigenvalue weighted by atomic mass is 10.00. The average Bonchev–Trinajstić information content (AvgIpc) is 2.03. The summed E-state index contributed by atoms with van der Waals surface area (Å²) in [5, 5.41) is 8.62. The maximum absolute atomic E-state index is 8.62. The van der Waals surface area contributed by atoms with Crippen molar-refractivity contribution >= 4 is 0 Å². The topological polar surface area (TPSA) is 41.9 Å². The van der Waals surface area contributed by atoms with Crippen molar-refractivity contribution in [1.29, 1.82) is 0 Å². The van der Waals surface area contributed by atoms with Crippen LogP contribution in [0.5, 0.6) is 0 Å². The molecule has 1 N–H and O–H groups in total. The molecule has 78 valence electrons. The van der Waals surface area contributed by atoms with E-state index < -0.39 is 5.60 Å². The first-order chi connectivity index (χ1) is 6.03. The van der Waals surface area contributed by atoms with Crippen LogP contribution in [0.2, 0.25) is 0 Å². The van der Waals surface area contributed by atoms with Crippen molar-refractivity contribution in [3.63, 3.8) is 0 Å². The molecular weight excluding hydrogens is 170 g/mol. The molecule has 0 spiro atoms. The highest BCUT2D eigenvalue weighted by atomic mass is 17.1. The lowest BCUT2D eigenvalue weighted by Crippen LogP contribution is -2.43. The molecule has 0 aliphatic carbocycles. The van der Waals surface area contributed by atoms with Crippen molar-refractivity contribution < 1.29 is 14.9 Å². The summed E-state index contributed by atoms with van der Waals surface area (Å²) >= 11 is 0. The van der Waals surface area contributed by atoms with Gasteiger partial charge in [0.15, 0.2) is 0 Å². The molecule has 0 aromatic heterocycles. The Balaban J connectivity index is 2.35. The molecule has 1 unspecified atom stereocenters. The Kier molecular flexibility index (Phi) is 3.67. The molecule has 1 atom stereocenters. The Labute approximate surface area is 79.4 Å². The fraction of sp³-hybridized carbons (Fsp3) is 1.00. The molecule has 1 fully saturated rings. The van der Waals surface area contributed by atoms with Crippen LogP contribution in [0.4, 0.5) is 0 Å². The molecule has 1 rings (SSSR count). The first-order valence-corrected chi connectivity index (χ1v) is 4.66. The predicted octanol–water partition coefficient (Wildman–Crippen LogP) is 0.975. The molecular formula is C9H19NO3. The molecule has 0 saturated carbocycles. The van der Waals surface area contributed by atoms with Crippen molar-refractivity contribution in [2.24, 2.45) is 0 Å². The fourth-order valence-corrected chi connectivity index (χ4v) is 1.58. The highest BCUT2D eigenvalue weighted by Crippen LogP contribution is 2.19. The minimum absolute atomic E-state index is 0.167. The van der Waals surface area contributed by atoms with Crippen LogP contribution in [0.25, 0.3) is 0 Å². The maximum atomic E-state index is 8.62. The largest absolute Gasteiger partial charge is 0.375 e. The summed E-state index contributed by atoms with van der Waals surface area (Å²) < 4.78 is 5.55. The molecule has 1 heterocycles. The van der Waals surface area contributed by atoms with Crippen LogP contribution in [0.3, 0.4) is 0 Å². The van der Waals surface area contributed by atoms with Gasteiger partial charge >= 0.3 is 0 Å². The third kappa shape index (κ3) is 3.60. The second-order valence-electron chi connectivity index (χ2n) is 4.31. The maximum Gasteiger partial charge on any atom is 0.100 e. The molecule has 1 aliphatic heterocycles. The number of hydrogen-bond acceptors (Lipinski definition) is 4. The first kappa shape index (κ1) is 10.9. The Morgan fingerprint density at radius 1 is 1.62 bits per heavy atom. The third-order valence-electron chi connectivity index (χ3n) is 2.31. The minimum atomic E-state index is -0.511. The van der Waals surface area contributed by atoms with E-state index in [-0.39, 0.29) is 6.10 Å². The van der Waals surface area contributed by atoms with E-state index in [1.807, 2.05) is 13.8 Å². The van der Waals surface area contributed by atoms with Crippen molar-refractivity contribution in [3.05, 3.63) is 0 Å². The van der Waals surface area contributed by atoms with Crippen LogP contribution in [0.1, 0.15) is 20.3 Å². The summed E-state index contributed by atoms with van der Waals surface area (Å²) in [5.41, 5.74) is -0.511. The minimum Gasteiger partial charge on any atom is -0.375 e. The summed E-state index contributed by atoms with van der Waals surface area (Å²) in [5.74, 6) is 0.